The van der Waals surface area contributed by atoms with Crippen LogP contribution in [-0.4, -0.2) is 0 Å². The summed E-state index contributed by atoms with van der Waals surface area (Å²) in [6.07, 6.45) is 19.1. The van der Waals surface area contributed by atoms with Crippen LogP contribution in [0.5, 0.6) is 0 Å². The first-order chi connectivity index (χ1) is 28.6. The van der Waals surface area contributed by atoms with Crippen LogP contribution in [0.25, 0.3) is 0 Å². The van der Waals surface area contributed by atoms with E-state index in [1.165, 1.54) is 132 Å². The van der Waals surface area contributed by atoms with E-state index in [0.717, 1.165) is 38.5 Å². The van der Waals surface area contributed by atoms with Gasteiger partial charge >= 0.3 is 0 Å². The van der Waals surface area contributed by atoms with Gasteiger partial charge in [0.2, 0.25) is 0 Å². The van der Waals surface area contributed by atoms with E-state index >= 15 is 0 Å². The lowest BCUT2D eigenvalue weighted by molar-refractivity contribution is 0.717. The van der Waals surface area contributed by atoms with Gasteiger partial charge in [-0.1, -0.05) is 139 Å². The Bertz CT molecular complexity index is 1920. The molecule has 58 heavy (non-hydrogen) atoms. The van der Waals surface area contributed by atoms with E-state index in [2.05, 4.69) is 183 Å². The van der Waals surface area contributed by atoms with Gasteiger partial charge in [0.25, 0.3) is 0 Å². The van der Waals surface area contributed by atoms with Crippen LogP contribution in [0.3, 0.4) is 0 Å². The second-order valence-corrected chi connectivity index (χ2v) is 16.3. The van der Waals surface area contributed by atoms with Gasteiger partial charge < -0.3 is 9.80 Å². The lowest BCUT2D eigenvalue weighted by Crippen LogP contribution is -2.10. The minimum absolute atomic E-state index is 1.00. The summed E-state index contributed by atoms with van der Waals surface area (Å²) >= 11 is 0. The molecule has 302 valence electrons. The maximum absolute atomic E-state index is 2.41. The molecule has 0 unspecified atom stereocenters. The third-order valence-electron chi connectivity index (χ3n) is 11.6. The van der Waals surface area contributed by atoms with Crippen molar-refractivity contribution in [1.82, 2.24) is 0 Å². The Hall–Kier alpha value is -5.08. The molecule has 2 heteroatoms. The van der Waals surface area contributed by atoms with Crippen LogP contribution in [0, 0.1) is 0 Å². The Balaban J connectivity index is 1.17. The van der Waals surface area contributed by atoms with Crippen molar-refractivity contribution >= 4 is 34.1 Å². The number of hydrogen-bond acceptors (Lipinski definition) is 2. The fourth-order valence-electron chi connectivity index (χ4n) is 7.97. The molecule has 6 aromatic carbocycles. The molecule has 6 aromatic rings. The van der Waals surface area contributed by atoms with E-state index in [1.54, 1.807) is 0 Å². The van der Waals surface area contributed by atoms with Crippen LogP contribution in [0.15, 0.2) is 146 Å². The molecular weight excluding hydrogens is 701 g/mol. The van der Waals surface area contributed by atoms with E-state index in [-0.39, 0.29) is 0 Å². The van der Waals surface area contributed by atoms with Gasteiger partial charge in [0.15, 0.2) is 0 Å². The van der Waals surface area contributed by atoms with Crippen molar-refractivity contribution in [3.8, 4) is 0 Å². The van der Waals surface area contributed by atoms with Gasteiger partial charge in [0.1, 0.15) is 0 Å². The van der Waals surface area contributed by atoms with Gasteiger partial charge in [-0.3, -0.25) is 0 Å². The molecule has 0 atom stereocenters. The summed E-state index contributed by atoms with van der Waals surface area (Å²) in [5.41, 5.74) is 15.6. The van der Waals surface area contributed by atoms with E-state index < -0.39 is 0 Å². The zero-order valence-electron chi connectivity index (χ0n) is 36.1. The number of hydrogen-bond donors (Lipinski definition) is 0. The van der Waals surface area contributed by atoms with E-state index in [0.29, 0.717) is 0 Å². The minimum atomic E-state index is 1.00. The third-order valence-corrected chi connectivity index (χ3v) is 11.6. The molecule has 0 aliphatic carbocycles. The highest BCUT2D eigenvalue weighted by atomic mass is 15.1. The highest BCUT2D eigenvalue weighted by molar-refractivity contribution is 5.78. The second kappa shape index (κ2) is 22.8. The van der Waals surface area contributed by atoms with Gasteiger partial charge in [-0.15, -0.1) is 0 Å². The molecule has 0 aliphatic heterocycles. The Kier molecular flexibility index (Phi) is 16.7. The molecule has 0 heterocycles. The Morgan fingerprint density at radius 2 is 0.414 bits per heavy atom. The van der Waals surface area contributed by atoms with Crippen molar-refractivity contribution in [3.05, 3.63) is 179 Å². The molecule has 0 saturated heterocycles. The van der Waals surface area contributed by atoms with Crippen molar-refractivity contribution < 1.29 is 0 Å². The highest BCUT2D eigenvalue weighted by Crippen LogP contribution is 2.37. The maximum Gasteiger partial charge on any atom is 0.0461 e. The molecule has 0 N–H and O–H groups in total. The molecule has 0 spiro atoms. The molecule has 0 bridgehead atoms. The molecular formula is C56H68N2. The fraction of sp³-hybridized carbons (Fsp3) is 0.357. The quantitative estimate of drug-likeness (QED) is 0.0599. The summed E-state index contributed by atoms with van der Waals surface area (Å²) in [6.45, 7) is 9.07. The smallest absolute Gasteiger partial charge is 0.0461 e. The first kappa shape index (κ1) is 42.5. The van der Waals surface area contributed by atoms with Crippen LogP contribution in [0.2, 0.25) is 0 Å². The van der Waals surface area contributed by atoms with Crippen LogP contribution in [0.1, 0.15) is 125 Å². The molecule has 2 nitrogen and oxygen atoms in total. The van der Waals surface area contributed by atoms with Gasteiger partial charge in [-0.25, -0.2) is 0 Å². The zero-order valence-corrected chi connectivity index (χ0v) is 36.1. The summed E-state index contributed by atoms with van der Waals surface area (Å²) in [5.74, 6) is 0. The highest BCUT2D eigenvalue weighted by Gasteiger charge is 2.15. The summed E-state index contributed by atoms with van der Waals surface area (Å²) < 4.78 is 0. The lowest BCUT2D eigenvalue weighted by Gasteiger charge is -2.26. The summed E-state index contributed by atoms with van der Waals surface area (Å²) in [5, 5.41) is 0. The summed E-state index contributed by atoms with van der Waals surface area (Å²) in [6, 6.07) is 55.4. The summed E-state index contributed by atoms with van der Waals surface area (Å²) in [7, 11) is 0. The fourth-order valence-corrected chi connectivity index (χ4v) is 7.97. The summed E-state index contributed by atoms with van der Waals surface area (Å²) in [4.78, 5) is 4.82. The van der Waals surface area contributed by atoms with Crippen molar-refractivity contribution in [2.24, 2.45) is 0 Å². The Labute approximate surface area is 352 Å². The normalized spacial score (nSPS) is 11.2. The third kappa shape index (κ3) is 12.2. The van der Waals surface area contributed by atoms with Crippen LogP contribution >= 0.6 is 0 Å². The standard InChI is InChI=1S/C56H68N2/c1-5-9-13-17-47-25-37-53(38-26-47)58(54-39-27-48(28-40-54)18-14-10-6-2)56-43-31-50(32-44-56)20-19-49-29-41-55(42-30-49)57(51-33-21-45(22-34-51)15-11-7-3)52-35-23-46(24-36-52)16-12-8-4/h21-44H,5-20H2,1-4H3. The molecule has 0 radical (unpaired) electrons. The van der Waals surface area contributed by atoms with Crippen LogP contribution in [-0.2, 0) is 38.5 Å². The lowest BCUT2D eigenvalue weighted by atomic mass is 10.0. The monoisotopic (exact) mass is 769 g/mol. The number of nitrogens with zero attached hydrogens (tertiary/aromatic N) is 2. The van der Waals surface area contributed by atoms with Crippen molar-refractivity contribution in [3.63, 3.8) is 0 Å². The molecule has 6 rings (SSSR count). The Morgan fingerprint density at radius 1 is 0.224 bits per heavy atom. The Morgan fingerprint density at radius 3 is 0.621 bits per heavy atom. The molecule has 0 fully saturated rings. The average molecular weight is 769 g/mol. The molecule has 0 aromatic heterocycles. The van der Waals surface area contributed by atoms with Crippen molar-refractivity contribution in [2.75, 3.05) is 9.80 Å². The number of anilines is 6. The van der Waals surface area contributed by atoms with Gasteiger partial charge in [-0.05, 0) is 170 Å². The topological polar surface area (TPSA) is 6.48 Å². The number of benzene rings is 6. The van der Waals surface area contributed by atoms with Crippen LogP contribution < -0.4 is 9.80 Å². The predicted molar refractivity (Wildman–Crippen MR) is 253 cm³/mol. The largest absolute Gasteiger partial charge is 0.311 e. The number of unbranched alkanes of at least 4 members (excludes halogenated alkanes) is 6. The first-order valence-electron chi connectivity index (χ1n) is 22.7. The molecule has 0 aliphatic rings. The molecule has 0 saturated carbocycles. The zero-order chi connectivity index (χ0) is 40.4. The van der Waals surface area contributed by atoms with Gasteiger partial charge in [0, 0.05) is 34.1 Å². The SMILES string of the molecule is CCCCCc1ccc(N(c2ccc(CCCCC)cc2)c2ccc(CCc3ccc(N(c4ccc(CCCC)cc4)c4ccc(CCCC)cc4)cc3)cc2)cc1. The number of rotatable bonds is 23. The second-order valence-electron chi connectivity index (χ2n) is 16.3. The van der Waals surface area contributed by atoms with E-state index in [4.69, 9.17) is 0 Å². The maximum atomic E-state index is 2.41. The van der Waals surface area contributed by atoms with E-state index in [9.17, 15) is 0 Å². The predicted octanol–water partition coefficient (Wildman–Crippen LogP) is 16.6. The number of aryl methyl sites for hydroxylation is 6. The average Bonchev–Trinajstić information content (AvgIpc) is 3.27. The molecule has 0 amide bonds. The minimum Gasteiger partial charge on any atom is -0.311 e. The van der Waals surface area contributed by atoms with Crippen LogP contribution in [0.4, 0.5) is 34.1 Å². The van der Waals surface area contributed by atoms with E-state index in [1.807, 2.05) is 0 Å². The van der Waals surface area contributed by atoms with Gasteiger partial charge in [-0.2, -0.15) is 0 Å². The van der Waals surface area contributed by atoms with Crippen molar-refractivity contribution in [1.29, 1.82) is 0 Å². The van der Waals surface area contributed by atoms with Crippen molar-refractivity contribution in [2.45, 2.75) is 130 Å². The van der Waals surface area contributed by atoms with Gasteiger partial charge in [0.05, 0.1) is 0 Å². The first-order valence-corrected chi connectivity index (χ1v) is 22.7.